The van der Waals surface area contributed by atoms with Crippen LogP contribution in [0.4, 0.5) is 5.69 Å². The molecular formula is C20H21ClN4O2S. The van der Waals surface area contributed by atoms with Gasteiger partial charge in [-0.1, -0.05) is 47.6 Å². The van der Waals surface area contributed by atoms with Gasteiger partial charge in [0.15, 0.2) is 11.0 Å². The third-order valence-corrected chi connectivity index (χ3v) is 5.24. The van der Waals surface area contributed by atoms with Crippen LogP contribution < -0.4 is 10.1 Å². The fraction of sp³-hybridized carbons (Fsp3) is 0.250. The van der Waals surface area contributed by atoms with Gasteiger partial charge in [-0.05, 0) is 43.7 Å². The van der Waals surface area contributed by atoms with Crippen molar-refractivity contribution in [2.45, 2.75) is 32.2 Å². The minimum Gasteiger partial charge on any atom is -0.486 e. The number of benzene rings is 2. The molecule has 0 bridgehead atoms. The Morgan fingerprint density at radius 1 is 1.21 bits per heavy atom. The third kappa shape index (κ3) is 5.27. The molecule has 0 unspecified atom stereocenters. The number of thioether (sulfide) groups is 1. The summed E-state index contributed by atoms with van der Waals surface area (Å²) in [5, 5.41) is 12.4. The van der Waals surface area contributed by atoms with Crippen molar-refractivity contribution >= 4 is 35.0 Å². The molecule has 0 fully saturated rings. The highest BCUT2D eigenvalue weighted by Crippen LogP contribution is 2.22. The van der Waals surface area contributed by atoms with Gasteiger partial charge in [-0.15, -0.1) is 10.2 Å². The first-order chi connectivity index (χ1) is 13.6. The first-order valence-electron chi connectivity index (χ1n) is 8.85. The van der Waals surface area contributed by atoms with E-state index in [0.29, 0.717) is 29.0 Å². The van der Waals surface area contributed by atoms with Crippen molar-refractivity contribution in [3.63, 3.8) is 0 Å². The van der Waals surface area contributed by atoms with Gasteiger partial charge < -0.3 is 14.6 Å². The van der Waals surface area contributed by atoms with Gasteiger partial charge in [0, 0.05) is 6.54 Å². The largest absolute Gasteiger partial charge is 0.486 e. The summed E-state index contributed by atoms with van der Waals surface area (Å²) in [4.78, 5) is 12.2. The summed E-state index contributed by atoms with van der Waals surface area (Å²) >= 11 is 7.40. The zero-order valence-corrected chi connectivity index (χ0v) is 17.3. The molecule has 8 heteroatoms. The Morgan fingerprint density at radius 2 is 2.04 bits per heavy atom. The molecule has 1 amide bonds. The van der Waals surface area contributed by atoms with E-state index >= 15 is 0 Å². The van der Waals surface area contributed by atoms with Crippen molar-refractivity contribution < 1.29 is 9.53 Å². The van der Waals surface area contributed by atoms with E-state index < -0.39 is 0 Å². The molecule has 2 aromatic carbocycles. The second kappa shape index (κ2) is 9.61. The van der Waals surface area contributed by atoms with Crippen LogP contribution >= 0.6 is 23.4 Å². The number of halogens is 1. The monoisotopic (exact) mass is 416 g/mol. The topological polar surface area (TPSA) is 69.0 Å². The highest BCUT2D eigenvalue weighted by atomic mass is 35.5. The molecule has 1 N–H and O–H groups in total. The molecule has 1 aromatic heterocycles. The maximum absolute atomic E-state index is 12.2. The summed E-state index contributed by atoms with van der Waals surface area (Å²) in [7, 11) is 0. The van der Waals surface area contributed by atoms with Gasteiger partial charge in [0.25, 0.3) is 0 Å². The summed E-state index contributed by atoms with van der Waals surface area (Å²) < 4.78 is 7.77. The first kappa shape index (κ1) is 20.2. The molecule has 0 saturated heterocycles. The van der Waals surface area contributed by atoms with Gasteiger partial charge in [0.05, 0.1) is 16.5 Å². The average molecular weight is 417 g/mol. The van der Waals surface area contributed by atoms with Crippen LogP contribution in [0, 0.1) is 6.92 Å². The number of ether oxygens (including phenoxy) is 1. The van der Waals surface area contributed by atoms with Crippen molar-refractivity contribution in [1.82, 2.24) is 14.8 Å². The van der Waals surface area contributed by atoms with E-state index in [4.69, 9.17) is 16.3 Å². The number of hydrogen-bond acceptors (Lipinski definition) is 5. The van der Waals surface area contributed by atoms with E-state index in [1.165, 1.54) is 11.8 Å². The Bertz CT molecular complexity index is 961. The van der Waals surface area contributed by atoms with E-state index in [-0.39, 0.29) is 11.7 Å². The Hall–Kier alpha value is -2.51. The van der Waals surface area contributed by atoms with Crippen molar-refractivity contribution in [3.05, 3.63) is 64.9 Å². The standard InChI is InChI=1S/C20H21ClN4O2S/c1-3-25-18(12-27-15-8-6-7-14(2)11-15)23-24-20(25)28-13-19(26)22-17-10-5-4-9-16(17)21/h4-11H,3,12-13H2,1-2H3,(H,22,26). The van der Waals surface area contributed by atoms with Crippen LogP contribution in [-0.2, 0) is 17.9 Å². The predicted octanol–water partition coefficient (Wildman–Crippen LogP) is 4.57. The summed E-state index contributed by atoms with van der Waals surface area (Å²) in [6.45, 7) is 5.03. The predicted molar refractivity (Wildman–Crippen MR) is 112 cm³/mol. The van der Waals surface area contributed by atoms with Crippen LogP contribution in [0.2, 0.25) is 5.02 Å². The lowest BCUT2D eigenvalue weighted by molar-refractivity contribution is -0.113. The zero-order chi connectivity index (χ0) is 19.9. The number of aryl methyl sites for hydroxylation is 1. The maximum Gasteiger partial charge on any atom is 0.234 e. The Balaban J connectivity index is 1.58. The lowest BCUT2D eigenvalue weighted by Crippen LogP contribution is -2.15. The van der Waals surface area contributed by atoms with E-state index in [1.54, 1.807) is 12.1 Å². The van der Waals surface area contributed by atoms with Crippen molar-refractivity contribution in [1.29, 1.82) is 0 Å². The quantitative estimate of drug-likeness (QED) is 0.545. The van der Waals surface area contributed by atoms with Crippen molar-refractivity contribution in [2.75, 3.05) is 11.1 Å². The van der Waals surface area contributed by atoms with Crippen LogP contribution in [0.15, 0.2) is 53.7 Å². The van der Waals surface area contributed by atoms with Crippen LogP contribution in [-0.4, -0.2) is 26.4 Å². The van der Waals surface area contributed by atoms with Crippen molar-refractivity contribution in [2.24, 2.45) is 0 Å². The van der Waals surface area contributed by atoms with Crippen molar-refractivity contribution in [3.8, 4) is 5.75 Å². The molecule has 28 heavy (non-hydrogen) atoms. The molecule has 0 aliphatic rings. The van der Waals surface area contributed by atoms with Crippen LogP contribution in [0.1, 0.15) is 18.3 Å². The van der Waals surface area contributed by atoms with Gasteiger partial charge in [0.1, 0.15) is 12.4 Å². The summed E-state index contributed by atoms with van der Waals surface area (Å²) in [6, 6.07) is 15.0. The minimum absolute atomic E-state index is 0.152. The number of nitrogens with zero attached hydrogens (tertiary/aromatic N) is 3. The zero-order valence-electron chi connectivity index (χ0n) is 15.7. The van der Waals surface area contributed by atoms with Gasteiger partial charge in [-0.3, -0.25) is 4.79 Å². The molecule has 0 aliphatic heterocycles. The Kier molecular flexibility index (Phi) is 6.95. The summed E-state index contributed by atoms with van der Waals surface area (Å²) in [5.41, 5.74) is 1.73. The van der Waals surface area contributed by atoms with E-state index in [0.717, 1.165) is 17.1 Å². The molecule has 0 radical (unpaired) electrons. The summed E-state index contributed by atoms with van der Waals surface area (Å²) in [5.74, 6) is 1.57. The summed E-state index contributed by atoms with van der Waals surface area (Å²) in [6.07, 6.45) is 0. The van der Waals surface area contributed by atoms with Crippen LogP contribution in [0.5, 0.6) is 5.75 Å². The molecule has 1 heterocycles. The van der Waals surface area contributed by atoms with Gasteiger partial charge >= 0.3 is 0 Å². The lowest BCUT2D eigenvalue weighted by atomic mass is 10.2. The van der Waals surface area contributed by atoms with Gasteiger partial charge in [-0.2, -0.15) is 0 Å². The number of para-hydroxylation sites is 1. The number of nitrogens with one attached hydrogen (secondary N) is 1. The number of aromatic nitrogens is 3. The fourth-order valence-corrected chi connectivity index (χ4v) is 3.59. The number of hydrogen-bond donors (Lipinski definition) is 1. The molecule has 0 saturated carbocycles. The van der Waals surface area contributed by atoms with Gasteiger partial charge in [-0.25, -0.2) is 0 Å². The number of carbonyl (C=O) groups excluding carboxylic acids is 1. The lowest BCUT2D eigenvalue weighted by Gasteiger charge is -2.09. The molecule has 0 aliphatic carbocycles. The van der Waals surface area contributed by atoms with E-state index in [2.05, 4.69) is 15.5 Å². The molecule has 0 atom stereocenters. The molecular weight excluding hydrogens is 396 g/mol. The van der Waals surface area contributed by atoms with E-state index in [9.17, 15) is 4.79 Å². The second-order valence-corrected chi connectivity index (χ2v) is 7.41. The molecule has 146 valence electrons. The molecule has 0 spiro atoms. The second-order valence-electron chi connectivity index (χ2n) is 6.06. The Labute approximate surface area is 173 Å². The maximum atomic E-state index is 12.2. The van der Waals surface area contributed by atoms with Crippen LogP contribution in [0.25, 0.3) is 0 Å². The van der Waals surface area contributed by atoms with Gasteiger partial charge in [0.2, 0.25) is 5.91 Å². The Morgan fingerprint density at radius 3 is 2.79 bits per heavy atom. The molecule has 6 nitrogen and oxygen atoms in total. The highest BCUT2D eigenvalue weighted by molar-refractivity contribution is 7.99. The number of anilines is 1. The third-order valence-electron chi connectivity index (χ3n) is 3.95. The van der Waals surface area contributed by atoms with E-state index in [1.807, 2.05) is 54.8 Å². The minimum atomic E-state index is -0.152. The number of rotatable bonds is 8. The SMILES string of the molecule is CCn1c(COc2cccc(C)c2)nnc1SCC(=O)Nc1ccccc1Cl. The smallest absolute Gasteiger partial charge is 0.234 e. The first-order valence-corrected chi connectivity index (χ1v) is 10.2. The average Bonchev–Trinajstić information content (AvgIpc) is 3.08. The van der Waals surface area contributed by atoms with Crippen LogP contribution in [0.3, 0.4) is 0 Å². The number of carbonyl (C=O) groups is 1. The molecule has 3 rings (SSSR count). The normalized spacial score (nSPS) is 10.7. The molecule has 3 aromatic rings. The fourth-order valence-electron chi connectivity index (χ4n) is 2.58. The highest BCUT2D eigenvalue weighted by Gasteiger charge is 2.14. The number of amides is 1.